The van der Waals surface area contributed by atoms with Crippen LogP contribution in [0.1, 0.15) is 57.4 Å². The van der Waals surface area contributed by atoms with Gasteiger partial charge < -0.3 is 15.0 Å². The Morgan fingerprint density at radius 2 is 1.73 bits per heavy atom. The van der Waals surface area contributed by atoms with Gasteiger partial charge in [0.25, 0.3) is 10.0 Å². The van der Waals surface area contributed by atoms with Crippen molar-refractivity contribution in [1.29, 1.82) is 0 Å². The first kappa shape index (κ1) is 28.0. The van der Waals surface area contributed by atoms with Crippen molar-refractivity contribution in [1.82, 2.24) is 10.2 Å². The summed E-state index contributed by atoms with van der Waals surface area (Å²) in [5.41, 5.74) is 1.53. The van der Waals surface area contributed by atoms with Gasteiger partial charge in [-0.25, -0.2) is 8.42 Å². The highest BCUT2D eigenvalue weighted by molar-refractivity contribution is 7.93. The lowest BCUT2D eigenvalue weighted by molar-refractivity contribution is -0.141. The average molecular weight is 564 g/mol. The van der Waals surface area contributed by atoms with E-state index in [4.69, 9.17) is 4.74 Å². The number of rotatable bonds is 10. The lowest BCUT2D eigenvalue weighted by atomic mass is 9.95. The number of sulfonamides is 1. The van der Waals surface area contributed by atoms with Crippen molar-refractivity contribution in [3.8, 4) is 5.75 Å². The van der Waals surface area contributed by atoms with E-state index in [1.165, 1.54) is 10.7 Å². The topological polar surface area (TPSA) is 96.0 Å². The van der Waals surface area contributed by atoms with E-state index < -0.39 is 16.1 Å². The Bertz CT molecular complexity index is 1480. The van der Waals surface area contributed by atoms with Crippen LogP contribution in [0.4, 0.5) is 5.69 Å². The molecular weight excluding hydrogens is 526 g/mol. The zero-order valence-electron chi connectivity index (χ0n) is 23.1. The lowest BCUT2D eigenvalue weighted by Gasteiger charge is -2.31. The van der Waals surface area contributed by atoms with E-state index >= 15 is 0 Å². The number of carbonyl (C=O) groups excluding carboxylic acids is 2. The molecule has 8 nitrogen and oxygen atoms in total. The van der Waals surface area contributed by atoms with Crippen molar-refractivity contribution < 1.29 is 22.7 Å². The van der Waals surface area contributed by atoms with Crippen LogP contribution in [0.2, 0.25) is 0 Å². The van der Waals surface area contributed by atoms with Gasteiger partial charge in [0.15, 0.2) is 0 Å². The summed E-state index contributed by atoms with van der Waals surface area (Å²) < 4.78 is 33.3. The monoisotopic (exact) mass is 563 g/mol. The molecule has 1 aliphatic heterocycles. The van der Waals surface area contributed by atoms with Crippen LogP contribution in [-0.4, -0.2) is 50.9 Å². The molecule has 1 aliphatic carbocycles. The third-order valence-electron chi connectivity index (χ3n) is 8.06. The molecule has 0 aromatic heterocycles. The number of anilines is 1. The smallest absolute Gasteiger partial charge is 0.265 e. The Hall–Kier alpha value is -3.59. The summed E-state index contributed by atoms with van der Waals surface area (Å²) in [5, 5.41) is 4.75. The summed E-state index contributed by atoms with van der Waals surface area (Å²) in [6.07, 6.45) is 5.77. The molecule has 3 aromatic rings. The van der Waals surface area contributed by atoms with Gasteiger partial charge in [0, 0.05) is 30.9 Å². The fourth-order valence-electron chi connectivity index (χ4n) is 5.80. The number of carbonyl (C=O) groups is 2. The van der Waals surface area contributed by atoms with Gasteiger partial charge in [0.1, 0.15) is 11.8 Å². The van der Waals surface area contributed by atoms with Gasteiger partial charge in [0.05, 0.1) is 17.7 Å². The molecule has 5 rings (SSSR count). The van der Waals surface area contributed by atoms with Crippen LogP contribution >= 0.6 is 0 Å². The van der Waals surface area contributed by atoms with E-state index in [1.54, 1.807) is 31.1 Å². The number of hydrogen-bond donors (Lipinski definition) is 1. The SMILES string of the molecule is COc1ccc(CN(C(=O)CCCN2c3cccc4cccc(c34)S2(=O)=O)[C@@H](C)C(=O)NC2CCCCC2)cc1. The van der Waals surface area contributed by atoms with Crippen LogP contribution in [0.15, 0.2) is 65.6 Å². The quantitative estimate of drug-likeness (QED) is 0.374. The molecule has 1 fully saturated rings. The molecule has 1 heterocycles. The van der Waals surface area contributed by atoms with Crippen molar-refractivity contribution in [3.63, 3.8) is 0 Å². The van der Waals surface area contributed by atoms with Gasteiger partial charge in [-0.1, -0.05) is 55.7 Å². The first-order valence-corrected chi connectivity index (χ1v) is 15.5. The second-order valence-electron chi connectivity index (χ2n) is 10.7. The highest BCUT2D eigenvalue weighted by Crippen LogP contribution is 2.42. The molecule has 9 heteroatoms. The Balaban J connectivity index is 1.29. The maximum absolute atomic E-state index is 13.6. The molecule has 212 valence electrons. The van der Waals surface area contributed by atoms with E-state index in [1.807, 2.05) is 48.5 Å². The summed E-state index contributed by atoms with van der Waals surface area (Å²) in [6, 6.07) is 17.8. The van der Waals surface area contributed by atoms with E-state index in [9.17, 15) is 18.0 Å². The van der Waals surface area contributed by atoms with Crippen molar-refractivity contribution in [3.05, 3.63) is 66.2 Å². The number of ether oxygens (including phenoxy) is 1. The molecule has 0 saturated heterocycles. The third-order valence-corrected chi connectivity index (χ3v) is 9.92. The lowest BCUT2D eigenvalue weighted by Crippen LogP contribution is -2.50. The highest BCUT2D eigenvalue weighted by atomic mass is 32.2. The van der Waals surface area contributed by atoms with Crippen LogP contribution < -0.4 is 14.4 Å². The Labute approximate surface area is 236 Å². The molecule has 0 bridgehead atoms. The molecule has 0 unspecified atom stereocenters. The summed E-state index contributed by atoms with van der Waals surface area (Å²) in [4.78, 5) is 28.8. The minimum absolute atomic E-state index is 0.121. The van der Waals surface area contributed by atoms with Crippen LogP contribution in [-0.2, 0) is 26.2 Å². The van der Waals surface area contributed by atoms with Gasteiger partial charge >= 0.3 is 0 Å². The second-order valence-corrected chi connectivity index (χ2v) is 12.5. The minimum Gasteiger partial charge on any atom is -0.497 e. The molecule has 1 atom stereocenters. The molecule has 2 amide bonds. The zero-order valence-corrected chi connectivity index (χ0v) is 24.0. The van der Waals surface area contributed by atoms with Crippen molar-refractivity contribution in [2.75, 3.05) is 18.0 Å². The Morgan fingerprint density at radius 3 is 2.42 bits per heavy atom. The first-order chi connectivity index (χ1) is 19.3. The van der Waals surface area contributed by atoms with Crippen molar-refractivity contribution >= 4 is 38.3 Å². The summed E-state index contributed by atoms with van der Waals surface area (Å²) in [5.74, 6) is 0.375. The van der Waals surface area contributed by atoms with Crippen molar-refractivity contribution in [2.24, 2.45) is 0 Å². The van der Waals surface area contributed by atoms with E-state index in [0.717, 1.165) is 42.0 Å². The summed E-state index contributed by atoms with van der Waals surface area (Å²) in [7, 11) is -2.09. The molecular formula is C31H37N3O5S. The summed E-state index contributed by atoms with van der Waals surface area (Å²) in [6.45, 7) is 2.22. The molecule has 0 spiro atoms. The summed E-state index contributed by atoms with van der Waals surface area (Å²) >= 11 is 0. The average Bonchev–Trinajstić information content (AvgIpc) is 3.19. The number of hydrogen-bond acceptors (Lipinski definition) is 5. The largest absolute Gasteiger partial charge is 0.497 e. The van der Waals surface area contributed by atoms with Gasteiger partial charge in [-0.15, -0.1) is 0 Å². The molecule has 1 N–H and O–H groups in total. The minimum atomic E-state index is -3.69. The Kier molecular flexibility index (Phi) is 8.30. The zero-order chi connectivity index (χ0) is 28.3. The number of nitrogens with one attached hydrogen (secondary N) is 1. The predicted octanol–water partition coefficient (Wildman–Crippen LogP) is 5.00. The Morgan fingerprint density at radius 1 is 1.02 bits per heavy atom. The molecule has 3 aromatic carbocycles. The fraction of sp³-hybridized carbons (Fsp3) is 0.419. The van der Waals surface area contributed by atoms with Crippen molar-refractivity contribution in [2.45, 2.75) is 75.4 Å². The third kappa shape index (κ3) is 5.66. The number of amides is 2. The number of methoxy groups -OCH3 is 1. The van der Waals surface area contributed by atoms with E-state index in [0.29, 0.717) is 22.8 Å². The predicted molar refractivity (Wildman–Crippen MR) is 156 cm³/mol. The number of benzene rings is 3. The first-order valence-electron chi connectivity index (χ1n) is 14.1. The molecule has 0 radical (unpaired) electrons. The van der Waals surface area contributed by atoms with Gasteiger partial charge in [0.2, 0.25) is 11.8 Å². The normalized spacial score (nSPS) is 17.0. The highest BCUT2D eigenvalue weighted by Gasteiger charge is 2.35. The maximum Gasteiger partial charge on any atom is 0.265 e. The van der Waals surface area contributed by atoms with Crippen LogP contribution in [0.5, 0.6) is 5.75 Å². The number of nitrogens with zero attached hydrogens (tertiary/aromatic N) is 2. The second kappa shape index (κ2) is 11.9. The standard InChI is InChI=1S/C31H37N3O5S/c1-22(31(36)32-25-11-4-3-5-12-25)33(21-23-16-18-26(39-2)19-17-23)29(35)15-8-20-34-27-13-6-9-24-10-7-14-28(30(24)27)40(34,37)38/h6-7,9-10,13-14,16-19,22,25H,3-5,8,11-12,15,20-21H2,1-2H3,(H,32,36)/t22-/m0/s1. The maximum atomic E-state index is 13.6. The van der Waals surface area contributed by atoms with Gasteiger partial charge in [-0.2, -0.15) is 0 Å². The van der Waals surface area contributed by atoms with Crippen LogP contribution in [0, 0.1) is 0 Å². The van der Waals surface area contributed by atoms with E-state index in [2.05, 4.69) is 5.32 Å². The molecule has 40 heavy (non-hydrogen) atoms. The van der Waals surface area contributed by atoms with E-state index in [-0.39, 0.29) is 37.4 Å². The van der Waals surface area contributed by atoms with Gasteiger partial charge in [-0.05, 0) is 61.4 Å². The molecule has 1 saturated carbocycles. The molecule has 2 aliphatic rings. The fourth-order valence-corrected chi connectivity index (χ4v) is 7.54. The van der Waals surface area contributed by atoms with Crippen LogP contribution in [0.3, 0.4) is 0 Å². The van der Waals surface area contributed by atoms with Gasteiger partial charge in [-0.3, -0.25) is 13.9 Å². The van der Waals surface area contributed by atoms with Crippen LogP contribution in [0.25, 0.3) is 10.8 Å².